The molecule has 2 aromatic carbocycles. The maximum absolute atomic E-state index is 9.73. The third-order valence-electron chi connectivity index (χ3n) is 3.84. The first-order valence-electron chi connectivity index (χ1n) is 7.31. The second-order valence-electron chi connectivity index (χ2n) is 5.36. The number of benzene rings is 2. The van der Waals surface area contributed by atoms with Crippen LogP contribution < -0.4 is 4.74 Å². The number of likely N-dealkylation sites (N-methyl/N-ethyl adjacent to an activating group) is 1. The monoisotopic (exact) mass is 301 g/mol. The highest BCUT2D eigenvalue weighted by molar-refractivity contribution is 5.29. The number of nitrogens with zero attached hydrogens (tertiary/aromatic N) is 1. The van der Waals surface area contributed by atoms with Crippen molar-refractivity contribution < 1.29 is 14.9 Å². The van der Waals surface area contributed by atoms with E-state index < -0.39 is 0 Å². The van der Waals surface area contributed by atoms with Crippen LogP contribution in [0.3, 0.4) is 0 Å². The van der Waals surface area contributed by atoms with Gasteiger partial charge in [0.15, 0.2) is 0 Å². The third-order valence-corrected chi connectivity index (χ3v) is 3.84. The highest BCUT2D eigenvalue weighted by atomic mass is 16.5. The van der Waals surface area contributed by atoms with Gasteiger partial charge in [-0.2, -0.15) is 0 Å². The smallest absolute Gasteiger partial charge is 0.118 e. The van der Waals surface area contributed by atoms with Gasteiger partial charge in [-0.05, 0) is 35.9 Å². The maximum Gasteiger partial charge on any atom is 0.118 e. The van der Waals surface area contributed by atoms with Crippen molar-refractivity contribution >= 4 is 0 Å². The van der Waals surface area contributed by atoms with Gasteiger partial charge >= 0.3 is 0 Å². The third kappa shape index (κ3) is 4.07. The van der Waals surface area contributed by atoms with Crippen molar-refractivity contribution in [2.45, 2.75) is 19.2 Å². The number of ether oxygens (including phenoxy) is 1. The molecule has 0 aliphatic heterocycles. The topological polar surface area (TPSA) is 52.9 Å². The zero-order valence-electron chi connectivity index (χ0n) is 13.1. The summed E-state index contributed by atoms with van der Waals surface area (Å²) in [5, 5.41) is 18.8. The summed E-state index contributed by atoms with van der Waals surface area (Å²) in [6, 6.07) is 15.5. The van der Waals surface area contributed by atoms with Gasteiger partial charge in [0.05, 0.1) is 26.4 Å². The molecule has 0 heterocycles. The molecule has 118 valence electrons. The standard InChI is InChI=1S/C18H23NO3/c1-19(11-14-3-5-15(12-20)6-4-14)18(13-21)16-7-9-17(22-2)10-8-16/h3-10,18,20-21H,11-13H2,1-2H3. The molecular weight excluding hydrogens is 278 g/mol. The van der Waals surface area contributed by atoms with Crippen molar-refractivity contribution in [3.63, 3.8) is 0 Å². The molecule has 0 fully saturated rings. The van der Waals surface area contributed by atoms with Crippen molar-refractivity contribution in [1.82, 2.24) is 4.90 Å². The zero-order valence-corrected chi connectivity index (χ0v) is 13.1. The lowest BCUT2D eigenvalue weighted by Crippen LogP contribution is -2.26. The van der Waals surface area contributed by atoms with E-state index in [0.717, 1.165) is 29.0 Å². The Balaban J connectivity index is 2.08. The minimum atomic E-state index is -0.0663. The fraction of sp³-hybridized carbons (Fsp3) is 0.333. The van der Waals surface area contributed by atoms with Gasteiger partial charge in [-0.3, -0.25) is 4.90 Å². The molecule has 2 aromatic rings. The molecule has 2 rings (SSSR count). The molecule has 1 atom stereocenters. The molecule has 4 heteroatoms. The molecule has 4 nitrogen and oxygen atoms in total. The lowest BCUT2D eigenvalue weighted by Gasteiger charge is -2.27. The molecule has 0 aromatic heterocycles. The fourth-order valence-electron chi connectivity index (χ4n) is 2.47. The van der Waals surface area contributed by atoms with E-state index in [4.69, 9.17) is 9.84 Å². The van der Waals surface area contributed by atoms with Crippen LogP contribution in [-0.2, 0) is 13.2 Å². The van der Waals surface area contributed by atoms with Crippen molar-refractivity contribution in [3.8, 4) is 5.75 Å². The lowest BCUT2D eigenvalue weighted by molar-refractivity contribution is 0.142. The van der Waals surface area contributed by atoms with E-state index in [1.807, 2.05) is 55.6 Å². The molecule has 2 N–H and O–H groups in total. The van der Waals surface area contributed by atoms with E-state index in [1.54, 1.807) is 7.11 Å². The maximum atomic E-state index is 9.73. The van der Waals surface area contributed by atoms with E-state index in [-0.39, 0.29) is 19.3 Å². The molecular formula is C18H23NO3. The zero-order chi connectivity index (χ0) is 15.9. The second kappa shape index (κ2) is 7.94. The minimum Gasteiger partial charge on any atom is -0.497 e. The number of hydrogen-bond acceptors (Lipinski definition) is 4. The Morgan fingerprint density at radius 1 is 0.955 bits per heavy atom. The minimum absolute atomic E-state index is 0.0531. The average Bonchev–Trinajstić information content (AvgIpc) is 2.57. The van der Waals surface area contributed by atoms with E-state index in [1.165, 1.54) is 0 Å². The van der Waals surface area contributed by atoms with Gasteiger partial charge in [-0.1, -0.05) is 36.4 Å². The van der Waals surface area contributed by atoms with E-state index in [2.05, 4.69) is 4.90 Å². The first-order valence-corrected chi connectivity index (χ1v) is 7.31. The van der Waals surface area contributed by atoms with Gasteiger partial charge in [0.2, 0.25) is 0 Å². The van der Waals surface area contributed by atoms with Gasteiger partial charge in [0.25, 0.3) is 0 Å². The van der Waals surface area contributed by atoms with Crippen molar-refractivity contribution in [3.05, 3.63) is 65.2 Å². The molecule has 22 heavy (non-hydrogen) atoms. The van der Waals surface area contributed by atoms with Gasteiger partial charge < -0.3 is 14.9 Å². The van der Waals surface area contributed by atoms with Gasteiger partial charge in [-0.25, -0.2) is 0 Å². The van der Waals surface area contributed by atoms with Crippen LogP contribution in [0, 0.1) is 0 Å². The summed E-state index contributed by atoms with van der Waals surface area (Å²) in [6.45, 7) is 0.835. The highest BCUT2D eigenvalue weighted by Gasteiger charge is 2.16. The number of hydrogen-bond donors (Lipinski definition) is 2. The van der Waals surface area contributed by atoms with Gasteiger partial charge in [-0.15, -0.1) is 0 Å². The fourth-order valence-corrected chi connectivity index (χ4v) is 2.47. The number of methoxy groups -OCH3 is 1. The van der Waals surface area contributed by atoms with E-state index in [9.17, 15) is 5.11 Å². The molecule has 0 saturated heterocycles. The predicted molar refractivity (Wildman–Crippen MR) is 86.7 cm³/mol. The molecule has 0 aliphatic rings. The summed E-state index contributed by atoms with van der Waals surface area (Å²) in [7, 11) is 3.63. The Morgan fingerprint density at radius 2 is 1.55 bits per heavy atom. The summed E-state index contributed by atoms with van der Waals surface area (Å²) in [5.74, 6) is 0.808. The summed E-state index contributed by atoms with van der Waals surface area (Å²) in [6.07, 6.45) is 0. The Morgan fingerprint density at radius 3 is 2.05 bits per heavy atom. The summed E-state index contributed by atoms with van der Waals surface area (Å²) in [4.78, 5) is 2.11. The lowest BCUT2D eigenvalue weighted by atomic mass is 10.0. The van der Waals surface area contributed by atoms with Gasteiger partial charge in [0, 0.05) is 6.54 Å². The molecule has 1 unspecified atom stereocenters. The second-order valence-corrected chi connectivity index (χ2v) is 5.36. The Hall–Kier alpha value is -1.88. The summed E-state index contributed by atoms with van der Waals surface area (Å²) < 4.78 is 5.16. The van der Waals surface area contributed by atoms with Crippen LogP contribution in [0.2, 0.25) is 0 Å². The average molecular weight is 301 g/mol. The van der Waals surface area contributed by atoms with E-state index in [0.29, 0.717) is 0 Å². The summed E-state index contributed by atoms with van der Waals surface area (Å²) >= 11 is 0. The number of rotatable bonds is 7. The van der Waals surface area contributed by atoms with Crippen molar-refractivity contribution in [2.75, 3.05) is 20.8 Å². The van der Waals surface area contributed by atoms with Crippen LogP contribution >= 0.6 is 0 Å². The predicted octanol–water partition coefficient (Wildman–Crippen LogP) is 2.35. The van der Waals surface area contributed by atoms with Crippen LogP contribution in [0.4, 0.5) is 0 Å². The van der Waals surface area contributed by atoms with Crippen molar-refractivity contribution in [2.24, 2.45) is 0 Å². The highest BCUT2D eigenvalue weighted by Crippen LogP contribution is 2.23. The SMILES string of the molecule is COc1ccc(C(CO)N(C)Cc2ccc(CO)cc2)cc1. The van der Waals surface area contributed by atoms with Gasteiger partial charge in [0.1, 0.15) is 5.75 Å². The Labute approximate surface area is 131 Å². The quantitative estimate of drug-likeness (QED) is 0.824. The molecule has 0 aliphatic carbocycles. The van der Waals surface area contributed by atoms with Crippen LogP contribution in [0.15, 0.2) is 48.5 Å². The first kappa shape index (κ1) is 16.5. The van der Waals surface area contributed by atoms with E-state index >= 15 is 0 Å². The Bertz CT molecular complexity index is 566. The Kier molecular flexibility index (Phi) is 5.95. The van der Waals surface area contributed by atoms with Crippen molar-refractivity contribution in [1.29, 1.82) is 0 Å². The van der Waals surface area contributed by atoms with Crippen LogP contribution in [-0.4, -0.2) is 35.9 Å². The largest absolute Gasteiger partial charge is 0.497 e. The van der Waals surface area contributed by atoms with Crippen LogP contribution in [0.5, 0.6) is 5.75 Å². The summed E-state index contributed by atoms with van der Waals surface area (Å²) in [5.41, 5.74) is 3.10. The molecule has 0 spiro atoms. The molecule has 0 radical (unpaired) electrons. The molecule has 0 amide bonds. The van der Waals surface area contributed by atoms with Crippen LogP contribution in [0.1, 0.15) is 22.7 Å². The number of aliphatic hydroxyl groups is 2. The molecule has 0 saturated carbocycles. The number of aliphatic hydroxyl groups excluding tert-OH is 2. The normalized spacial score (nSPS) is 12.4. The van der Waals surface area contributed by atoms with Crippen LogP contribution in [0.25, 0.3) is 0 Å². The first-order chi connectivity index (χ1) is 10.7. The molecule has 0 bridgehead atoms.